The molecule has 0 fully saturated rings. The van der Waals surface area contributed by atoms with Gasteiger partial charge < -0.3 is 19.4 Å². The van der Waals surface area contributed by atoms with Crippen LogP contribution in [0.1, 0.15) is 28.4 Å². The predicted octanol–water partition coefficient (Wildman–Crippen LogP) is 3.25. The standard InChI is InChI=1S/C21H17N2O3.Y/c1-13-6-8-15(9-7-13)10-22-21(25)17-11-23-14(2)12-26-18-5-3-4-16(19(18)23)20(17)24;/h4-9,11-12H,10H2,1-2H3,(H,22,25);/q-1;. The second-order valence-electron chi connectivity index (χ2n) is 6.37. The number of amides is 1. The van der Waals surface area contributed by atoms with Crippen LogP contribution in [0, 0.1) is 13.0 Å². The fourth-order valence-electron chi connectivity index (χ4n) is 3.01. The molecule has 0 unspecified atom stereocenters. The van der Waals surface area contributed by atoms with E-state index in [1.807, 2.05) is 42.7 Å². The van der Waals surface area contributed by atoms with Crippen molar-refractivity contribution in [2.24, 2.45) is 0 Å². The van der Waals surface area contributed by atoms with Crippen LogP contribution >= 0.6 is 0 Å². The summed E-state index contributed by atoms with van der Waals surface area (Å²) < 4.78 is 7.33. The second-order valence-corrected chi connectivity index (χ2v) is 6.37. The molecule has 1 amide bonds. The number of benzene rings is 2. The molecule has 3 aromatic rings. The molecule has 5 nitrogen and oxygen atoms in total. The summed E-state index contributed by atoms with van der Waals surface area (Å²) in [7, 11) is 0. The molecule has 27 heavy (non-hydrogen) atoms. The molecular formula is C21H17N2O3Y-. The normalized spacial score (nSPS) is 12.0. The van der Waals surface area contributed by atoms with E-state index in [4.69, 9.17) is 4.74 Å². The van der Waals surface area contributed by atoms with Crippen LogP contribution in [0.15, 0.2) is 53.7 Å². The van der Waals surface area contributed by atoms with Crippen molar-refractivity contribution in [3.8, 4) is 5.75 Å². The molecule has 4 rings (SSSR count). The number of allylic oxidation sites excluding steroid dienone is 1. The first-order valence-electron chi connectivity index (χ1n) is 8.31. The van der Waals surface area contributed by atoms with Gasteiger partial charge in [-0.05, 0) is 24.9 Å². The molecular weight excluding hydrogens is 417 g/mol. The van der Waals surface area contributed by atoms with Gasteiger partial charge in [-0.15, -0.1) is 6.07 Å². The molecule has 1 radical (unpaired) electrons. The number of hydrogen-bond donors (Lipinski definition) is 1. The van der Waals surface area contributed by atoms with Crippen LogP contribution < -0.4 is 15.5 Å². The van der Waals surface area contributed by atoms with Gasteiger partial charge in [-0.3, -0.25) is 4.79 Å². The molecule has 1 N–H and O–H groups in total. The zero-order chi connectivity index (χ0) is 18.3. The number of nitrogens with zero attached hydrogens (tertiary/aromatic N) is 1. The number of hydrogen-bond acceptors (Lipinski definition) is 3. The molecule has 6 heteroatoms. The summed E-state index contributed by atoms with van der Waals surface area (Å²) in [4.78, 5) is 25.4. The first-order valence-corrected chi connectivity index (χ1v) is 8.31. The molecule has 0 atom stereocenters. The fourth-order valence-corrected chi connectivity index (χ4v) is 3.01. The SMILES string of the molecule is CC1=COc2c[c-]cc3c(=O)c(C(=O)NCc4ccc(C)cc4)cn1c23.[Y]. The summed E-state index contributed by atoms with van der Waals surface area (Å²) in [5.74, 6) is 0.155. The van der Waals surface area contributed by atoms with Crippen molar-refractivity contribution in [1.82, 2.24) is 9.88 Å². The van der Waals surface area contributed by atoms with E-state index in [9.17, 15) is 9.59 Å². The molecule has 0 spiro atoms. The maximum atomic E-state index is 12.8. The largest absolute Gasteiger partial charge is 0.519 e. The maximum Gasteiger partial charge on any atom is 0.255 e. The first-order chi connectivity index (χ1) is 12.5. The van der Waals surface area contributed by atoms with Gasteiger partial charge in [0.05, 0.1) is 17.5 Å². The van der Waals surface area contributed by atoms with Gasteiger partial charge in [-0.2, -0.15) is 12.1 Å². The minimum atomic E-state index is -0.397. The Kier molecular flexibility index (Phi) is 5.63. The van der Waals surface area contributed by atoms with Gasteiger partial charge in [-0.25, -0.2) is 0 Å². The van der Waals surface area contributed by atoms with Crippen LogP contribution in [0.5, 0.6) is 5.75 Å². The second kappa shape index (κ2) is 7.79. The van der Waals surface area contributed by atoms with Crippen LogP contribution in [0.3, 0.4) is 0 Å². The third-order valence-corrected chi connectivity index (χ3v) is 4.47. The molecule has 1 aromatic heterocycles. The first kappa shape index (κ1) is 19.5. The summed E-state index contributed by atoms with van der Waals surface area (Å²) in [6.45, 7) is 4.23. The van der Waals surface area contributed by atoms with Gasteiger partial charge >= 0.3 is 0 Å². The van der Waals surface area contributed by atoms with Crippen molar-refractivity contribution < 1.29 is 42.2 Å². The summed E-state index contributed by atoms with van der Waals surface area (Å²) in [5.41, 5.74) is 3.36. The van der Waals surface area contributed by atoms with Crippen molar-refractivity contribution in [2.45, 2.75) is 20.4 Å². The van der Waals surface area contributed by atoms with Crippen LogP contribution in [-0.2, 0) is 39.3 Å². The molecule has 2 aromatic carbocycles. The number of ether oxygens (including phenoxy) is 1. The zero-order valence-corrected chi connectivity index (χ0v) is 17.9. The summed E-state index contributed by atoms with van der Waals surface area (Å²) in [5, 5.41) is 3.24. The topological polar surface area (TPSA) is 60.3 Å². The van der Waals surface area contributed by atoms with Crippen molar-refractivity contribution in [3.63, 3.8) is 0 Å². The number of rotatable bonds is 3. The minimum absolute atomic E-state index is 0. The molecule has 2 heterocycles. The van der Waals surface area contributed by atoms with E-state index in [0.29, 0.717) is 23.2 Å². The monoisotopic (exact) mass is 434 g/mol. The molecule has 0 saturated heterocycles. The van der Waals surface area contributed by atoms with Gasteiger partial charge in [-0.1, -0.05) is 35.2 Å². The van der Waals surface area contributed by atoms with Gasteiger partial charge in [0.15, 0.2) is 0 Å². The van der Waals surface area contributed by atoms with Crippen molar-refractivity contribution in [3.05, 3.63) is 81.8 Å². The van der Waals surface area contributed by atoms with Crippen molar-refractivity contribution in [1.29, 1.82) is 0 Å². The number of aromatic nitrogens is 1. The summed E-state index contributed by atoms with van der Waals surface area (Å²) in [6.07, 6.45) is 3.17. The molecule has 0 saturated carbocycles. The molecule has 0 bridgehead atoms. The third-order valence-electron chi connectivity index (χ3n) is 4.47. The number of carbonyl (C=O) groups excluding carboxylic acids is 1. The van der Waals surface area contributed by atoms with Gasteiger partial charge in [0.1, 0.15) is 5.43 Å². The van der Waals surface area contributed by atoms with E-state index in [1.165, 1.54) is 0 Å². The molecule has 0 aliphatic carbocycles. The van der Waals surface area contributed by atoms with E-state index in [0.717, 1.165) is 16.8 Å². The van der Waals surface area contributed by atoms with E-state index < -0.39 is 5.91 Å². The van der Waals surface area contributed by atoms with Crippen molar-refractivity contribution >= 4 is 22.5 Å². The Hall–Kier alpha value is -2.24. The van der Waals surface area contributed by atoms with E-state index in [-0.39, 0.29) is 43.7 Å². The number of pyridine rings is 1. The van der Waals surface area contributed by atoms with Crippen LogP contribution in [-0.4, -0.2) is 10.5 Å². The van der Waals surface area contributed by atoms with Gasteiger partial charge in [0.25, 0.3) is 5.91 Å². The third kappa shape index (κ3) is 3.62. The Morgan fingerprint density at radius 2 is 1.93 bits per heavy atom. The minimum Gasteiger partial charge on any atom is -0.519 e. The number of aryl methyl sites for hydroxylation is 1. The molecule has 1 aliphatic heterocycles. The average molecular weight is 434 g/mol. The number of nitrogens with one attached hydrogen (secondary N) is 1. The fraction of sp³-hybridized carbons (Fsp3) is 0.143. The summed E-state index contributed by atoms with van der Waals surface area (Å²) in [6, 6.07) is 14.1. The summed E-state index contributed by atoms with van der Waals surface area (Å²) >= 11 is 0. The number of carbonyl (C=O) groups is 1. The van der Waals surface area contributed by atoms with Gasteiger partial charge in [0, 0.05) is 51.2 Å². The Balaban J connectivity index is 0.00000210. The average Bonchev–Trinajstić information content (AvgIpc) is 2.65. The van der Waals surface area contributed by atoms with Crippen LogP contribution in [0.2, 0.25) is 0 Å². The molecule has 133 valence electrons. The van der Waals surface area contributed by atoms with Crippen molar-refractivity contribution in [2.75, 3.05) is 0 Å². The smallest absolute Gasteiger partial charge is 0.255 e. The quantitative estimate of drug-likeness (QED) is 0.644. The van der Waals surface area contributed by atoms with E-state index >= 15 is 0 Å². The zero-order valence-electron chi connectivity index (χ0n) is 15.1. The van der Waals surface area contributed by atoms with E-state index in [1.54, 1.807) is 24.6 Å². The Bertz CT molecular complexity index is 1110. The Morgan fingerprint density at radius 1 is 1.19 bits per heavy atom. The van der Waals surface area contributed by atoms with Gasteiger partial charge in [0.2, 0.25) is 0 Å². The predicted molar refractivity (Wildman–Crippen MR) is 100.0 cm³/mol. The Labute approximate surface area is 181 Å². The Morgan fingerprint density at radius 3 is 2.67 bits per heavy atom. The van der Waals surface area contributed by atoms with Crippen LogP contribution in [0.4, 0.5) is 0 Å². The maximum absolute atomic E-state index is 12.8. The molecule has 1 aliphatic rings. The van der Waals surface area contributed by atoms with Crippen LogP contribution in [0.25, 0.3) is 16.6 Å². The van der Waals surface area contributed by atoms with E-state index in [2.05, 4.69) is 11.4 Å².